The fourth-order valence-electron chi connectivity index (χ4n) is 3.89. The lowest BCUT2D eigenvalue weighted by Gasteiger charge is -2.30. The second kappa shape index (κ2) is 10.7. The van der Waals surface area contributed by atoms with E-state index in [0.29, 0.717) is 36.8 Å². The monoisotopic (exact) mass is 495 g/mol. The summed E-state index contributed by atoms with van der Waals surface area (Å²) in [6.07, 6.45) is 1.51. The van der Waals surface area contributed by atoms with E-state index in [4.69, 9.17) is 4.74 Å². The zero-order valence-electron chi connectivity index (χ0n) is 19.8. The molecular formula is C25H29N5O4S. The quantitative estimate of drug-likeness (QED) is 0.495. The number of carbonyl (C=O) groups is 1. The van der Waals surface area contributed by atoms with E-state index in [-0.39, 0.29) is 16.5 Å². The Kier molecular flexibility index (Phi) is 7.52. The Morgan fingerprint density at radius 2 is 1.80 bits per heavy atom. The maximum Gasteiger partial charge on any atom is 0.262 e. The molecule has 0 spiro atoms. The van der Waals surface area contributed by atoms with E-state index in [1.165, 1.54) is 25.4 Å². The van der Waals surface area contributed by atoms with Crippen molar-refractivity contribution in [3.8, 4) is 5.75 Å². The van der Waals surface area contributed by atoms with Crippen LogP contribution in [0.3, 0.4) is 0 Å². The molecule has 1 amide bonds. The van der Waals surface area contributed by atoms with Crippen LogP contribution in [0.5, 0.6) is 5.75 Å². The fourth-order valence-corrected chi connectivity index (χ4v) is 4.94. The zero-order valence-corrected chi connectivity index (χ0v) is 20.6. The minimum atomic E-state index is -3.92. The Labute approximate surface area is 205 Å². The number of methoxy groups -OCH3 is 1. The first-order valence-electron chi connectivity index (χ1n) is 11.3. The summed E-state index contributed by atoms with van der Waals surface area (Å²) in [5.41, 5.74) is 1.56. The summed E-state index contributed by atoms with van der Waals surface area (Å²) < 4.78 is 34.2. The van der Waals surface area contributed by atoms with Gasteiger partial charge in [-0.25, -0.2) is 13.4 Å². The molecule has 1 fully saturated rings. The van der Waals surface area contributed by atoms with Gasteiger partial charge in [-0.05, 0) is 35.9 Å². The van der Waals surface area contributed by atoms with Crippen LogP contribution in [-0.2, 0) is 16.6 Å². The van der Waals surface area contributed by atoms with E-state index in [9.17, 15) is 13.2 Å². The van der Waals surface area contributed by atoms with Crippen molar-refractivity contribution in [2.24, 2.45) is 0 Å². The van der Waals surface area contributed by atoms with Crippen LogP contribution in [0, 0.1) is 0 Å². The number of hydrogen-bond acceptors (Lipinski definition) is 7. The minimum Gasteiger partial charge on any atom is -0.497 e. The van der Waals surface area contributed by atoms with Crippen molar-refractivity contribution in [1.29, 1.82) is 0 Å². The van der Waals surface area contributed by atoms with Gasteiger partial charge in [-0.15, -0.1) is 0 Å². The van der Waals surface area contributed by atoms with Crippen molar-refractivity contribution >= 4 is 27.4 Å². The molecule has 1 aliphatic heterocycles. The number of nitrogens with zero attached hydrogens (tertiary/aromatic N) is 3. The number of rotatable bonds is 8. The van der Waals surface area contributed by atoms with Gasteiger partial charge in [-0.2, -0.15) is 0 Å². The third-order valence-corrected chi connectivity index (χ3v) is 7.13. The van der Waals surface area contributed by atoms with Gasteiger partial charge in [-0.1, -0.05) is 30.3 Å². The standard InChI is InChI=1S/C25H29N5O4S/c1-29(18-19-6-4-3-5-7-19)25(31)20-16-23(24(27-17-20)30-14-12-26-13-15-30)28-35(32,33)22-10-8-21(34-2)9-11-22/h3-11,16-17,26,28H,12-15,18H2,1-2H3. The van der Waals surface area contributed by atoms with Crippen molar-refractivity contribution in [2.75, 3.05) is 50.0 Å². The largest absolute Gasteiger partial charge is 0.497 e. The van der Waals surface area contributed by atoms with Crippen molar-refractivity contribution < 1.29 is 17.9 Å². The van der Waals surface area contributed by atoms with E-state index in [0.717, 1.165) is 18.7 Å². The number of aromatic nitrogens is 1. The molecule has 3 aromatic rings. The summed E-state index contributed by atoms with van der Waals surface area (Å²) in [6, 6.07) is 17.3. The first kappa shape index (κ1) is 24.5. The van der Waals surface area contributed by atoms with E-state index < -0.39 is 10.0 Å². The first-order valence-corrected chi connectivity index (χ1v) is 12.8. The van der Waals surface area contributed by atoms with E-state index in [1.54, 1.807) is 30.1 Å². The van der Waals surface area contributed by atoms with Crippen LogP contribution < -0.4 is 19.7 Å². The van der Waals surface area contributed by atoms with Crippen molar-refractivity contribution in [2.45, 2.75) is 11.4 Å². The van der Waals surface area contributed by atoms with Gasteiger partial charge in [0.25, 0.3) is 15.9 Å². The molecule has 1 aliphatic rings. The Morgan fingerprint density at radius 1 is 1.11 bits per heavy atom. The molecule has 4 rings (SSSR count). The van der Waals surface area contributed by atoms with Crippen molar-refractivity contribution in [3.63, 3.8) is 0 Å². The van der Waals surface area contributed by atoms with Gasteiger partial charge in [-0.3, -0.25) is 9.52 Å². The number of anilines is 2. The van der Waals surface area contributed by atoms with Gasteiger partial charge < -0.3 is 19.9 Å². The van der Waals surface area contributed by atoms with Crippen LogP contribution in [0.15, 0.2) is 71.8 Å². The smallest absolute Gasteiger partial charge is 0.262 e. The highest BCUT2D eigenvalue weighted by atomic mass is 32.2. The molecule has 2 heterocycles. The molecule has 1 saturated heterocycles. The van der Waals surface area contributed by atoms with Gasteiger partial charge in [0.2, 0.25) is 0 Å². The number of ether oxygens (including phenoxy) is 1. The van der Waals surface area contributed by atoms with Crippen LogP contribution >= 0.6 is 0 Å². The van der Waals surface area contributed by atoms with Gasteiger partial charge in [0.15, 0.2) is 5.82 Å². The maximum absolute atomic E-state index is 13.2. The molecule has 0 unspecified atom stereocenters. The molecule has 0 saturated carbocycles. The molecule has 1 aromatic heterocycles. The van der Waals surface area contributed by atoms with Crippen molar-refractivity contribution in [3.05, 3.63) is 78.0 Å². The number of pyridine rings is 1. The summed E-state index contributed by atoms with van der Waals surface area (Å²) in [6.45, 7) is 3.28. The first-order chi connectivity index (χ1) is 16.9. The fraction of sp³-hybridized carbons (Fsp3) is 0.280. The lowest BCUT2D eigenvalue weighted by atomic mass is 10.2. The number of nitrogens with one attached hydrogen (secondary N) is 2. The molecule has 0 radical (unpaired) electrons. The number of benzene rings is 2. The van der Waals surface area contributed by atoms with Gasteiger partial charge in [0, 0.05) is 46.0 Å². The summed E-state index contributed by atoms with van der Waals surface area (Å²) in [5.74, 6) is 0.796. The molecule has 9 nitrogen and oxygen atoms in total. The van der Waals surface area contributed by atoms with Crippen LogP contribution in [0.2, 0.25) is 0 Å². The normalized spacial score (nSPS) is 13.8. The maximum atomic E-state index is 13.2. The molecule has 184 valence electrons. The number of amides is 1. The Balaban J connectivity index is 1.64. The zero-order chi connectivity index (χ0) is 24.8. The summed E-state index contributed by atoms with van der Waals surface area (Å²) >= 11 is 0. The number of sulfonamides is 1. The SMILES string of the molecule is COc1ccc(S(=O)(=O)Nc2cc(C(=O)N(C)Cc3ccccc3)cnc2N2CCNCC2)cc1. The minimum absolute atomic E-state index is 0.0856. The number of carbonyl (C=O) groups excluding carboxylic acids is 1. The van der Waals surface area contributed by atoms with Gasteiger partial charge in [0.1, 0.15) is 5.75 Å². The predicted octanol–water partition coefficient (Wildman–Crippen LogP) is 2.57. The van der Waals surface area contributed by atoms with Crippen LogP contribution in [0.1, 0.15) is 15.9 Å². The second-order valence-electron chi connectivity index (χ2n) is 8.26. The molecule has 35 heavy (non-hydrogen) atoms. The van der Waals surface area contributed by atoms with E-state index in [1.807, 2.05) is 35.2 Å². The molecule has 10 heteroatoms. The highest BCUT2D eigenvalue weighted by Crippen LogP contribution is 2.28. The summed E-state index contributed by atoms with van der Waals surface area (Å²) in [7, 11) is -0.696. The second-order valence-corrected chi connectivity index (χ2v) is 9.94. The van der Waals surface area contributed by atoms with Crippen LogP contribution in [-0.4, -0.2) is 64.5 Å². The number of piperazine rings is 1. The highest BCUT2D eigenvalue weighted by Gasteiger charge is 2.23. The molecule has 2 N–H and O–H groups in total. The third kappa shape index (κ3) is 5.90. The molecule has 0 atom stereocenters. The van der Waals surface area contributed by atoms with Crippen molar-refractivity contribution in [1.82, 2.24) is 15.2 Å². The summed E-state index contributed by atoms with van der Waals surface area (Å²) in [5, 5.41) is 3.28. The number of hydrogen-bond donors (Lipinski definition) is 2. The van der Waals surface area contributed by atoms with Gasteiger partial charge >= 0.3 is 0 Å². The highest BCUT2D eigenvalue weighted by molar-refractivity contribution is 7.92. The Morgan fingerprint density at radius 3 is 2.46 bits per heavy atom. The summed E-state index contributed by atoms with van der Waals surface area (Å²) in [4.78, 5) is 21.4. The van der Waals surface area contributed by atoms with Gasteiger partial charge in [0.05, 0.1) is 23.3 Å². The third-order valence-electron chi connectivity index (χ3n) is 5.75. The lowest BCUT2D eigenvalue weighted by Crippen LogP contribution is -2.44. The average molecular weight is 496 g/mol. The molecule has 2 aromatic carbocycles. The Bertz CT molecular complexity index is 1260. The predicted molar refractivity (Wildman–Crippen MR) is 135 cm³/mol. The molecule has 0 aliphatic carbocycles. The topological polar surface area (TPSA) is 104 Å². The molecular weight excluding hydrogens is 466 g/mol. The van der Waals surface area contributed by atoms with E-state index >= 15 is 0 Å². The Hall–Kier alpha value is -3.63. The lowest BCUT2D eigenvalue weighted by molar-refractivity contribution is 0.0784. The van der Waals surface area contributed by atoms with E-state index in [2.05, 4.69) is 15.0 Å². The average Bonchev–Trinajstić information content (AvgIpc) is 2.89. The van der Waals surface area contributed by atoms with Crippen LogP contribution in [0.25, 0.3) is 0 Å². The van der Waals surface area contributed by atoms with Crippen LogP contribution in [0.4, 0.5) is 11.5 Å². The molecule has 0 bridgehead atoms.